The zero-order valence-corrected chi connectivity index (χ0v) is 11.2. The van der Waals surface area contributed by atoms with Gasteiger partial charge in [0.1, 0.15) is 0 Å². The van der Waals surface area contributed by atoms with E-state index in [-0.39, 0.29) is 5.91 Å². The second-order valence-corrected chi connectivity index (χ2v) is 5.66. The maximum atomic E-state index is 11.4. The highest BCUT2D eigenvalue weighted by atomic mass is 16.2. The highest BCUT2D eigenvalue weighted by molar-refractivity contribution is 5.73. The van der Waals surface area contributed by atoms with Crippen LogP contribution in [-0.2, 0) is 4.79 Å². The summed E-state index contributed by atoms with van der Waals surface area (Å²) in [5, 5.41) is 0. The van der Waals surface area contributed by atoms with Crippen molar-refractivity contribution < 1.29 is 4.79 Å². The number of hydrogen-bond acceptors (Lipinski definition) is 2. The molecule has 1 saturated heterocycles. The Labute approximate surface area is 105 Å². The van der Waals surface area contributed by atoms with E-state index in [9.17, 15) is 4.79 Å². The standard InChI is InChI=1S/C14H26N2O/c1-13(17)16-9-5-8-15(10-11-16)12-14-6-3-2-4-7-14/h14H,2-12H2,1H3. The van der Waals surface area contributed by atoms with Crippen molar-refractivity contribution in [3.63, 3.8) is 0 Å². The molecule has 0 N–H and O–H groups in total. The van der Waals surface area contributed by atoms with Crippen LogP contribution < -0.4 is 0 Å². The highest BCUT2D eigenvalue weighted by Gasteiger charge is 2.20. The lowest BCUT2D eigenvalue weighted by atomic mass is 9.89. The van der Waals surface area contributed by atoms with Gasteiger partial charge in [-0.3, -0.25) is 4.79 Å². The van der Waals surface area contributed by atoms with Gasteiger partial charge in [-0.25, -0.2) is 0 Å². The lowest BCUT2D eigenvalue weighted by molar-refractivity contribution is -0.128. The van der Waals surface area contributed by atoms with Gasteiger partial charge < -0.3 is 9.80 Å². The van der Waals surface area contributed by atoms with Crippen molar-refractivity contribution in [2.75, 3.05) is 32.7 Å². The summed E-state index contributed by atoms with van der Waals surface area (Å²) in [6.07, 6.45) is 8.29. The van der Waals surface area contributed by atoms with Gasteiger partial charge in [0.2, 0.25) is 5.91 Å². The van der Waals surface area contributed by atoms with Crippen LogP contribution in [-0.4, -0.2) is 48.4 Å². The van der Waals surface area contributed by atoms with Crippen LogP contribution in [0.25, 0.3) is 0 Å². The predicted molar refractivity (Wildman–Crippen MR) is 69.9 cm³/mol. The van der Waals surface area contributed by atoms with E-state index in [1.54, 1.807) is 6.92 Å². The summed E-state index contributed by atoms with van der Waals surface area (Å²) in [6, 6.07) is 0. The first-order valence-electron chi connectivity index (χ1n) is 7.23. The smallest absolute Gasteiger partial charge is 0.219 e. The van der Waals surface area contributed by atoms with Crippen LogP contribution >= 0.6 is 0 Å². The Hall–Kier alpha value is -0.570. The zero-order chi connectivity index (χ0) is 12.1. The molecule has 0 bridgehead atoms. The van der Waals surface area contributed by atoms with Crippen LogP contribution in [0.1, 0.15) is 45.4 Å². The summed E-state index contributed by atoms with van der Waals surface area (Å²) in [6.45, 7) is 7.11. The van der Waals surface area contributed by atoms with Crippen LogP contribution in [0, 0.1) is 5.92 Å². The van der Waals surface area contributed by atoms with Gasteiger partial charge in [0.25, 0.3) is 0 Å². The van der Waals surface area contributed by atoms with Gasteiger partial charge in [0.05, 0.1) is 0 Å². The van der Waals surface area contributed by atoms with Gasteiger partial charge in [0, 0.05) is 33.1 Å². The summed E-state index contributed by atoms with van der Waals surface area (Å²) >= 11 is 0. The molecule has 0 radical (unpaired) electrons. The number of rotatable bonds is 2. The van der Waals surface area contributed by atoms with Crippen molar-refractivity contribution in [1.29, 1.82) is 0 Å². The van der Waals surface area contributed by atoms with Gasteiger partial charge in [-0.15, -0.1) is 0 Å². The number of hydrogen-bond donors (Lipinski definition) is 0. The Morgan fingerprint density at radius 2 is 1.76 bits per heavy atom. The Morgan fingerprint density at radius 1 is 1.00 bits per heavy atom. The van der Waals surface area contributed by atoms with Gasteiger partial charge in [-0.1, -0.05) is 19.3 Å². The number of nitrogens with zero attached hydrogens (tertiary/aromatic N) is 2. The monoisotopic (exact) mass is 238 g/mol. The molecule has 1 heterocycles. The fourth-order valence-corrected chi connectivity index (χ4v) is 3.20. The SMILES string of the molecule is CC(=O)N1CCCN(CC2CCCCC2)CC1. The molecule has 0 aromatic rings. The van der Waals surface area contributed by atoms with E-state index in [2.05, 4.69) is 4.90 Å². The summed E-state index contributed by atoms with van der Waals surface area (Å²) in [5.74, 6) is 1.16. The molecule has 1 amide bonds. The highest BCUT2D eigenvalue weighted by Crippen LogP contribution is 2.24. The van der Waals surface area contributed by atoms with E-state index in [1.807, 2.05) is 4.90 Å². The molecule has 3 heteroatoms. The van der Waals surface area contributed by atoms with Crippen molar-refractivity contribution in [2.45, 2.75) is 45.4 Å². The average Bonchev–Trinajstić information content (AvgIpc) is 2.56. The van der Waals surface area contributed by atoms with Crippen LogP contribution in [0.15, 0.2) is 0 Å². The fraction of sp³-hybridized carbons (Fsp3) is 0.929. The molecular formula is C14H26N2O. The number of carbonyl (C=O) groups is 1. The fourth-order valence-electron chi connectivity index (χ4n) is 3.20. The second kappa shape index (κ2) is 6.39. The molecular weight excluding hydrogens is 212 g/mol. The maximum Gasteiger partial charge on any atom is 0.219 e. The van der Waals surface area contributed by atoms with Crippen LogP contribution in [0.4, 0.5) is 0 Å². The summed E-state index contributed by atoms with van der Waals surface area (Å²) in [7, 11) is 0. The first kappa shape index (κ1) is 12.9. The molecule has 0 unspecified atom stereocenters. The number of amides is 1. The van der Waals surface area contributed by atoms with E-state index in [1.165, 1.54) is 45.2 Å². The van der Waals surface area contributed by atoms with Gasteiger partial charge >= 0.3 is 0 Å². The molecule has 1 aliphatic carbocycles. The molecule has 98 valence electrons. The van der Waals surface area contributed by atoms with E-state index >= 15 is 0 Å². The topological polar surface area (TPSA) is 23.6 Å². The quantitative estimate of drug-likeness (QED) is 0.735. The third-order valence-electron chi connectivity index (χ3n) is 4.27. The lowest BCUT2D eigenvalue weighted by Gasteiger charge is -2.28. The van der Waals surface area contributed by atoms with Gasteiger partial charge in [-0.05, 0) is 31.7 Å². The van der Waals surface area contributed by atoms with Gasteiger partial charge in [-0.2, -0.15) is 0 Å². The minimum atomic E-state index is 0.240. The molecule has 0 aromatic carbocycles. The molecule has 1 saturated carbocycles. The normalized spacial score (nSPS) is 24.6. The Bertz CT molecular complexity index is 249. The molecule has 17 heavy (non-hydrogen) atoms. The average molecular weight is 238 g/mol. The molecule has 2 aliphatic rings. The Morgan fingerprint density at radius 3 is 2.47 bits per heavy atom. The summed E-state index contributed by atoms with van der Waals surface area (Å²) in [5.41, 5.74) is 0. The van der Waals surface area contributed by atoms with Crippen LogP contribution in [0.5, 0.6) is 0 Å². The molecule has 2 fully saturated rings. The maximum absolute atomic E-state index is 11.4. The third kappa shape index (κ3) is 3.98. The van der Waals surface area contributed by atoms with Crippen molar-refractivity contribution in [3.05, 3.63) is 0 Å². The molecule has 2 rings (SSSR count). The largest absolute Gasteiger partial charge is 0.342 e. The molecule has 0 atom stereocenters. The van der Waals surface area contributed by atoms with E-state index in [0.717, 1.165) is 32.0 Å². The van der Waals surface area contributed by atoms with Crippen LogP contribution in [0.3, 0.4) is 0 Å². The second-order valence-electron chi connectivity index (χ2n) is 5.66. The van der Waals surface area contributed by atoms with Crippen molar-refractivity contribution in [1.82, 2.24) is 9.80 Å². The minimum Gasteiger partial charge on any atom is -0.342 e. The number of carbonyl (C=O) groups excluding carboxylic acids is 1. The predicted octanol–water partition coefficient (Wildman–Crippen LogP) is 2.12. The summed E-state index contributed by atoms with van der Waals surface area (Å²) in [4.78, 5) is 15.9. The molecule has 1 aliphatic heterocycles. The molecule has 0 spiro atoms. The van der Waals surface area contributed by atoms with Gasteiger partial charge in [0.15, 0.2) is 0 Å². The van der Waals surface area contributed by atoms with E-state index in [0.29, 0.717) is 0 Å². The third-order valence-corrected chi connectivity index (χ3v) is 4.27. The van der Waals surface area contributed by atoms with E-state index in [4.69, 9.17) is 0 Å². The molecule has 3 nitrogen and oxygen atoms in total. The van der Waals surface area contributed by atoms with Crippen molar-refractivity contribution in [2.24, 2.45) is 5.92 Å². The zero-order valence-electron chi connectivity index (χ0n) is 11.2. The summed E-state index contributed by atoms with van der Waals surface area (Å²) < 4.78 is 0. The molecule has 0 aromatic heterocycles. The minimum absolute atomic E-state index is 0.240. The van der Waals surface area contributed by atoms with Crippen LogP contribution in [0.2, 0.25) is 0 Å². The lowest BCUT2D eigenvalue weighted by Crippen LogP contribution is -2.35. The van der Waals surface area contributed by atoms with E-state index < -0.39 is 0 Å². The Kier molecular flexibility index (Phi) is 4.84. The van der Waals surface area contributed by atoms with Crippen molar-refractivity contribution >= 4 is 5.91 Å². The first-order valence-corrected chi connectivity index (χ1v) is 7.23. The Balaban J connectivity index is 1.76. The first-order chi connectivity index (χ1) is 8.25. The van der Waals surface area contributed by atoms with Crippen molar-refractivity contribution in [3.8, 4) is 0 Å².